The van der Waals surface area contributed by atoms with Crippen molar-refractivity contribution in [1.29, 1.82) is 0 Å². The van der Waals surface area contributed by atoms with Gasteiger partial charge in [0, 0.05) is 12.8 Å². The summed E-state index contributed by atoms with van der Waals surface area (Å²) in [6, 6.07) is 0. The number of phosphoric acid groups is 1. The summed E-state index contributed by atoms with van der Waals surface area (Å²) >= 11 is 0. The Kier molecular flexibility index (Phi) is 38.2. The maximum atomic E-state index is 12.7. The minimum atomic E-state index is -4.67. The van der Waals surface area contributed by atoms with Gasteiger partial charge in [-0.25, -0.2) is 0 Å². The Morgan fingerprint density at radius 2 is 1.14 bits per heavy atom. The van der Waals surface area contributed by atoms with Crippen molar-refractivity contribution in [2.75, 3.05) is 47.5 Å². The van der Waals surface area contributed by atoms with Gasteiger partial charge in [0.15, 0.2) is 6.10 Å². The molecule has 0 saturated carbocycles. The number of hydrogen-bond acceptors (Lipinski definition) is 9. The first-order valence-electron chi connectivity index (χ1n) is 23.1. The number of nitrogens with zero attached hydrogens (tertiary/aromatic N) is 1. The van der Waals surface area contributed by atoms with E-state index in [-0.39, 0.29) is 26.1 Å². The number of carbonyl (C=O) groups is 2. The molecule has 1 unspecified atom stereocenters. The first-order valence-corrected chi connectivity index (χ1v) is 24.6. The molecule has 0 heterocycles. The maximum absolute atomic E-state index is 12.7. The Hall–Kier alpha value is -2.33. The van der Waals surface area contributed by atoms with Crippen LogP contribution in [0.15, 0.2) is 60.8 Å². The molecule has 11 heteroatoms. The van der Waals surface area contributed by atoms with E-state index >= 15 is 0 Å². The molecule has 0 aromatic heterocycles. The van der Waals surface area contributed by atoms with Crippen molar-refractivity contribution in [1.82, 2.24) is 0 Å². The van der Waals surface area contributed by atoms with Crippen molar-refractivity contribution in [3.63, 3.8) is 0 Å². The summed E-state index contributed by atoms with van der Waals surface area (Å²) in [5, 5.41) is 10.3. The predicted octanol–water partition coefficient (Wildman–Crippen LogP) is 11.6. The molecule has 0 radical (unpaired) electrons. The van der Waals surface area contributed by atoms with Gasteiger partial charge in [0.05, 0.1) is 33.9 Å². The van der Waals surface area contributed by atoms with E-state index in [0.29, 0.717) is 30.3 Å². The monoisotopic (exact) mass is 852 g/mol. The van der Waals surface area contributed by atoms with Crippen LogP contribution in [0.3, 0.4) is 0 Å². The molecule has 0 aliphatic rings. The molecule has 342 valence electrons. The molecule has 0 fully saturated rings. The van der Waals surface area contributed by atoms with Gasteiger partial charge < -0.3 is 33.0 Å². The number of aliphatic hydroxyl groups excluding tert-OH is 1. The number of unbranched alkanes of at least 4 members (excludes halogenated alkanes) is 16. The van der Waals surface area contributed by atoms with Crippen molar-refractivity contribution < 1.29 is 47.2 Å². The Morgan fingerprint density at radius 1 is 0.627 bits per heavy atom. The van der Waals surface area contributed by atoms with Crippen molar-refractivity contribution in [3.05, 3.63) is 60.8 Å². The number of allylic oxidation sites excluding steroid dienone is 9. The largest absolute Gasteiger partial charge is 0.756 e. The number of esters is 2. The number of carbonyl (C=O) groups excluding carboxylic acids is 2. The highest BCUT2D eigenvalue weighted by Crippen LogP contribution is 2.38. The second-order valence-corrected chi connectivity index (χ2v) is 18.0. The van der Waals surface area contributed by atoms with Crippen LogP contribution in [0.25, 0.3) is 0 Å². The fourth-order valence-corrected chi connectivity index (χ4v) is 6.66. The number of phosphoric ester groups is 1. The van der Waals surface area contributed by atoms with Crippen molar-refractivity contribution in [2.24, 2.45) is 0 Å². The number of aliphatic hydroxyl groups is 1. The van der Waals surface area contributed by atoms with Crippen LogP contribution in [0.5, 0.6) is 0 Å². The van der Waals surface area contributed by atoms with Crippen LogP contribution in [0, 0.1) is 0 Å². The lowest BCUT2D eigenvalue weighted by Gasteiger charge is -2.28. The minimum Gasteiger partial charge on any atom is -0.756 e. The Morgan fingerprint density at radius 3 is 1.76 bits per heavy atom. The van der Waals surface area contributed by atoms with Crippen LogP contribution in [-0.4, -0.2) is 81.2 Å². The smallest absolute Gasteiger partial charge is 0.306 e. The van der Waals surface area contributed by atoms with E-state index in [0.717, 1.165) is 44.9 Å². The standard InChI is InChI=1S/C48H86NO9P/c1-6-8-10-12-14-16-18-20-21-22-23-25-27-29-31-33-35-39-48(52)58-46(44-57-59(53,54)56-42-41-49(3,4)5)43-55-47(51)40-36-38-45(50)37-34-32-30-28-26-24-19-17-15-13-11-9-7-2/h15,17,20-21,24,26,30,32,34,37,45-46,50H,6-14,16,18-19,22-23,25,27-29,31,33,35-36,38-44H2,1-5H3/b17-15-,21-20-,26-24-,32-30-,37-34+/t45-,46-/m1/s1. The van der Waals surface area contributed by atoms with Gasteiger partial charge in [-0.15, -0.1) is 0 Å². The zero-order chi connectivity index (χ0) is 43.7. The van der Waals surface area contributed by atoms with Crippen LogP contribution >= 0.6 is 7.82 Å². The van der Waals surface area contributed by atoms with Crippen molar-refractivity contribution >= 4 is 19.8 Å². The lowest BCUT2D eigenvalue weighted by molar-refractivity contribution is -0.870. The van der Waals surface area contributed by atoms with Gasteiger partial charge in [-0.3, -0.25) is 14.2 Å². The lowest BCUT2D eigenvalue weighted by atomic mass is 10.1. The zero-order valence-corrected chi connectivity index (χ0v) is 38.9. The van der Waals surface area contributed by atoms with Crippen molar-refractivity contribution in [3.8, 4) is 0 Å². The quantitative estimate of drug-likeness (QED) is 0.0159. The Labute approximate surface area is 360 Å². The molecule has 0 aliphatic carbocycles. The normalized spacial score (nSPS) is 14.6. The Bertz CT molecular complexity index is 1210. The van der Waals surface area contributed by atoms with Gasteiger partial charge in [0.1, 0.15) is 19.8 Å². The highest BCUT2D eigenvalue weighted by molar-refractivity contribution is 7.45. The van der Waals surface area contributed by atoms with E-state index in [4.69, 9.17) is 18.5 Å². The van der Waals surface area contributed by atoms with Crippen molar-refractivity contribution in [2.45, 2.75) is 187 Å². The minimum absolute atomic E-state index is 0.0459. The molecular formula is C48H86NO9P. The summed E-state index contributed by atoms with van der Waals surface area (Å²) in [5.41, 5.74) is 0. The molecular weight excluding hydrogens is 765 g/mol. The average Bonchev–Trinajstić information content (AvgIpc) is 3.18. The fourth-order valence-electron chi connectivity index (χ4n) is 5.93. The van der Waals surface area contributed by atoms with E-state index in [9.17, 15) is 24.2 Å². The van der Waals surface area contributed by atoms with Crippen LogP contribution in [0.1, 0.15) is 174 Å². The summed E-state index contributed by atoms with van der Waals surface area (Å²) < 4.78 is 33.8. The molecule has 0 aromatic carbocycles. The van der Waals surface area contributed by atoms with Gasteiger partial charge in [0.2, 0.25) is 0 Å². The topological polar surface area (TPSA) is 131 Å². The second kappa shape index (κ2) is 39.8. The second-order valence-electron chi connectivity index (χ2n) is 16.6. The summed E-state index contributed by atoms with van der Waals surface area (Å²) in [4.78, 5) is 37.6. The zero-order valence-electron chi connectivity index (χ0n) is 38.0. The molecule has 10 nitrogen and oxygen atoms in total. The number of quaternary nitrogens is 1. The molecule has 0 aromatic rings. The third kappa shape index (κ3) is 43.6. The van der Waals surface area contributed by atoms with Crippen LogP contribution in [-0.2, 0) is 32.7 Å². The van der Waals surface area contributed by atoms with Gasteiger partial charge in [-0.05, 0) is 70.6 Å². The number of hydrogen-bond donors (Lipinski definition) is 1. The lowest BCUT2D eigenvalue weighted by Crippen LogP contribution is -2.37. The number of ether oxygens (including phenoxy) is 2. The molecule has 0 aliphatic heterocycles. The molecule has 3 atom stereocenters. The summed E-state index contributed by atoms with van der Waals surface area (Å²) in [5.74, 6) is -1.04. The van der Waals surface area contributed by atoms with Crippen LogP contribution in [0.2, 0.25) is 0 Å². The molecule has 0 bridgehead atoms. The molecule has 0 amide bonds. The average molecular weight is 852 g/mol. The molecule has 0 rings (SSSR count). The fraction of sp³-hybridized carbons (Fsp3) is 0.750. The van der Waals surface area contributed by atoms with E-state index in [1.165, 1.54) is 83.5 Å². The van der Waals surface area contributed by atoms with Gasteiger partial charge >= 0.3 is 11.9 Å². The summed E-state index contributed by atoms with van der Waals surface area (Å²) in [6.45, 7) is 3.96. The van der Waals surface area contributed by atoms with E-state index in [2.05, 4.69) is 50.3 Å². The van der Waals surface area contributed by atoms with Gasteiger partial charge in [-0.2, -0.15) is 0 Å². The Balaban J connectivity index is 4.53. The summed E-state index contributed by atoms with van der Waals surface area (Å²) in [7, 11) is 1.06. The van der Waals surface area contributed by atoms with Gasteiger partial charge in [0.25, 0.3) is 7.82 Å². The first-order chi connectivity index (χ1) is 28.4. The van der Waals surface area contributed by atoms with Crippen LogP contribution < -0.4 is 4.89 Å². The van der Waals surface area contributed by atoms with E-state index in [1.807, 2.05) is 33.3 Å². The first kappa shape index (κ1) is 56.7. The van der Waals surface area contributed by atoms with E-state index in [1.54, 1.807) is 12.2 Å². The molecule has 59 heavy (non-hydrogen) atoms. The third-order valence-electron chi connectivity index (χ3n) is 9.61. The molecule has 0 saturated heterocycles. The number of rotatable bonds is 41. The number of likely N-dealkylation sites (N-methyl/N-ethyl adjacent to an activating group) is 1. The van der Waals surface area contributed by atoms with Crippen LogP contribution in [0.4, 0.5) is 0 Å². The molecule has 1 N–H and O–H groups in total. The predicted molar refractivity (Wildman–Crippen MR) is 242 cm³/mol. The maximum Gasteiger partial charge on any atom is 0.306 e. The molecule has 0 spiro atoms. The van der Waals surface area contributed by atoms with Gasteiger partial charge in [-0.1, -0.05) is 152 Å². The third-order valence-corrected chi connectivity index (χ3v) is 10.6. The van der Waals surface area contributed by atoms with E-state index < -0.39 is 38.6 Å². The highest BCUT2D eigenvalue weighted by Gasteiger charge is 2.22. The SMILES string of the molecule is CCCCC/C=C\C/C=C\C/C=C\C=C\[C@@H](O)CCCC(=O)OC[C@H](COP(=O)([O-])OCC[N+](C)(C)C)OC(=O)CCCCCCCCC/C=C\CCCCCCCC. The highest BCUT2D eigenvalue weighted by atomic mass is 31.2. The summed E-state index contributed by atoms with van der Waals surface area (Å²) in [6.07, 6.45) is 44.2.